The van der Waals surface area contributed by atoms with Gasteiger partial charge in [-0.05, 0) is 31.6 Å². The second-order valence-corrected chi connectivity index (χ2v) is 8.98. The summed E-state index contributed by atoms with van der Waals surface area (Å²) in [6, 6.07) is -0.269. The second-order valence-electron chi connectivity index (χ2n) is 6.03. The molecule has 2 fully saturated rings. The minimum absolute atomic E-state index is 0.0372. The van der Waals surface area contributed by atoms with Crippen molar-refractivity contribution in [2.45, 2.75) is 19.4 Å². The molecule has 0 bridgehead atoms. The fraction of sp³-hybridized carbons (Fsp3) is 0.500. The maximum Gasteiger partial charge on any atom is 0.276 e. The number of carbonyl (C=O) groups excluding carboxylic acids is 1. The highest BCUT2D eigenvalue weighted by Crippen LogP contribution is 2.32. The van der Waals surface area contributed by atoms with E-state index in [-0.39, 0.29) is 23.5 Å². The number of carbonyl (C=O) groups is 1. The summed E-state index contributed by atoms with van der Waals surface area (Å²) in [5.74, 6) is -0.0341. The van der Waals surface area contributed by atoms with E-state index in [4.69, 9.17) is 23.8 Å². The van der Waals surface area contributed by atoms with Gasteiger partial charge in [0, 0.05) is 19.7 Å². The maximum atomic E-state index is 12.3. The van der Waals surface area contributed by atoms with Crippen molar-refractivity contribution in [3.8, 4) is 0 Å². The van der Waals surface area contributed by atoms with Gasteiger partial charge in [0.25, 0.3) is 5.91 Å². The Morgan fingerprint density at radius 3 is 2.50 bits per heavy atom. The highest BCUT2D eigenvalue weighted by atomic mass is 35.5. The first kappa shape index (κ1) is 17.4. The van der Waals surface area contributed by atoms with E-state index in [1.165, 1.54) is 4.90 Å². The van der Waals surface area contributed by atoms with Gasteiger partial charge >= 0.3 is 0 Å². The van der Waals surface area contributed by atoms with Crippen molar-refractivity contribution in [1.29, 1.82) is 0 Å². The molecule has 7 nitrogen and oxygen atoms in total. The molecule has 2 saturated heterocycles. The molecule has 1 atom stereocenters. The summed E-state index contributed by atoms with van der Waals surface area (Å²) >= 11 is 11.6. The first-order chi connectivity index (χ1) is 11.1. The number of hydrogen-bond acceptors (Lipinski definition) is 5. The van der Waals surface area contributed by atoms with Gasteiger partial charge in [0.05, 0.1) is 23.2 Å². The molecule has 2 aliphatic heterocycles. The molecule has 0 radical (unpaired) electrons. The largest absolute Gasteiger partial charge is 0.317 e. The fourth-order valence-electron chi connectivity index (χ4n) is 2.93. The van der Waals surface area contributed by atoms with E-state index in [9.17, 15) is 13.2 Å². The molecule has 0 unspecified atom stereocenters. The Hall–Kier alpha value is -1.45. The van der Waals surface area contributed by atoms with Gasteiger partial charge in [-0.15, -0.1) is 0 Å². The Balaban J connectivity index is 2.01. The summed E-state index contributed by atoms with van der Waals surface area (Å²) in [4.78, 5) is 15.3. The number of nitrogens with zero attached hydrogens (tertiary/aromatic N) is 4. The van der Waals surface area contributed by atoms with Gasteiger partial charge in [0.2, 0.25) is 0 Å². The van der Waals surface area contributed by atoms with E-state index in [0.717, 1.165) is 0 Å². The quantitative estimate of drug-likeness (QED) is 0.560. The van der Waals surface area contributed by atoms with Crippen LogP contribution in [0.25, 0.3) is 6.08 Å². The van der Waals surface area contributed by atoms with Crippen LogP contribution in [0.2, 0.25) is 5.15 Å². The zero-order chi connectivity index (χ0) is 17.8. The van der Waals surface area contributed by atoms with Crippen molar-refractivity contribution in [2.24, 2.45) is 0 Å². The van der Waals surface area contributed by atoms with Crippen LogP contribution in [0, 0.1) is 6.92 Å². The molecule has 3 rings (SSSR count). The van der Waals surface area contributed by atoms with E-state index in [0.29, 0.717) is 33.6 Å². The third kappa shape index (κ3) is 2.74. The molecular weight excluding hydrogens is 372 g/mol. The smallest absolute Gasteiger partial charge is 0.276 e. The summed E-state index contributed by atoms with van der Waals surface area (Å²) in [6.45, 7) is 1.78. The van der Waals surface area contributed by atoms with Gasteiger partial charge in [-0.3, -0.25) is 9.69 Å². The van der Waals surface area contributed by atoms with Crippen LogP contribution in [0.5, 0.6) is 0 Å². The number of hydrogen-bond donors (Lipinski definition) is 0. The topological polar surface area (TPSA) is 75.5 Å². The lowest BCUT2D eigenvalue weighted by molar-refractivity contribution is -0.121. The van der Waals surface area contributed by atoms with E-state index in [1.807, 2.05) is 0 Å². The van der Waals surface area contributed by atoms with Crippen LogP contribution >= 0.6 is 23.8 Å². The number of aromatic nitrogens is 2. The summed E-state index contributed by atoms with van der Waals surface area (Å²) < 4.78 is 24.9. The molecule has 2 aliphatic rings. The number of sulfone groups is 1. The Bertz CT molecular complexity index is 875. The highest BCUT2D eigenvalue weighted by molar-refractivity contribution is 7.91. The number of thiocarbonyl (C=S) groups is 1. The van der Waals surface area contributed by atoms with Crippen molar-refractivity contribution >= 4 is 50.8 Å². The number of amides is 1. The van der Waals surface area contributed by atoms with Gasteiger partial charge in [0.1, 0.15) is 10.9 Å². The average Bonchev–Trinajstić information content (AvgIpc) is 3.07. The average molecular weight is 389 g/mol. The van der Waals surface area contributed by atoms with Crippen molar-refractivity contribution < 1.29 is 13.2 Å². The molecule has 130 valence electrons. The van der Waals surface area contributed by atoms with Crippen molar-refractivity contribution in [1.82, 2.24) is 19.6 Å². The van der Waals surface area contributed by atoms with Gasteiger partial charge < -0.3 is 4.90 Å². The van der Waals surface area contributed by atoms with E-state index < -0.39 is 9.84 Å². The third-order valence-corrected chi connectivity index (χ3v) is 7.04. The number of likely N-dealkylation sites (N-methyl/N-ethyl adjacent to an activating group) is 2. The fourth-order valence-corrected chi connectivity index (χ4v) is 5.17. The molecule has 1 aromatic rings. The van der Waals surface area contributed by atoms with Gasteiger partial charge in [-0.25, -0.2) is 13.1 Å². The molecule has 0 spiro atoms. The summed E-state index contributed by atoms with van der Waals surface area (Å²) in [7, 11) is 0.290. The number of halogens is 1. The van der Waals surface area contributed by atoms with Crippen molar-refractivity contribution in [3.63, 3.8) is 0 Å². The van der Waals surface area contributed by atoms with Crippen LogP contribution < -0.4 is 0 Å². The maximum absolute atomic E-state index is 12.3. The molecule has 24 heavy (non-hydrogen) atoms. The van der Waals surface area contributed by atoms with Crippen LogP contribution in [-0.4, -0.2) is 64.6 Å². The third-order valence-electron chi connectivity index (χ3n) is 4.37. The van der Waals surface area contributed by atoms with Crippen molar-refractivity contribution in [3.05, 3.63) is 22.1 Å². The zero-order valence-electron chi connectivity index (χ0n) is 13.5. The predicted octanol–water partition coefficient (Wildman–Crippen LogP) is 1.23. The van der Waals surface area contributed by atoms with Crippen LogP contribution in [0.4, 0.5) is 0 Å². The van der Waals surface area contributed by atoms with E-state index >= 15 is 0 Å². The van der Waals surface area contributed by atoms with Crippen LogP contribution in [0.3, 0.4) is 0 Å². The summed E-state index contributed by atoms with van der Waals surface area (Å²) in [6.07, 6.45) is 2.15. The molecule has 0 aliphatic carbocycles. The summed E-state index contributed by atoms with van der Waals surface area (Å²) in [5, 5.41) is 5.14. The first-order valence-corrected chi connectivity index (χ1v) is 9.95. The minimum Gasteiger partial charge on any atom is -0.317 e. The Morgan fingerprint density at radius 1 is 1.33 bits per heavy atom. The van der Waals surface area contributed by atoms with Gasteiger partial charge in [-0.2, -0.15) is 5.10 Å². The van der Waals surface area contributed by atoms with Gasteiger partial charge in [0.15, 0.2) is 14.9 Å². The molecule has 0 aromatic carbocycles. The minimum atomic E-state index is -3.04. The highest BCUT2D eigenvalue weighted by Gasteiger charge is 2.35. The van der Waals surface area contributed by atoms with E-state index in [1.54, 1.807) is 36.7 Å². The molecule has 1 aromatic heterocycles. The molecule has 0 N–H and O–H groups in total. The predicted molar refractivity (Wildman–Crippen MR) is 95.4 cm³/mol. The van der Waals surface area contributed by atoms with Gasteiger partial charge in [-0.1, -0.05) is 11.6 Å². The Kier molecular flexibility index (Phi) is 4.21. The molecule has 10 heteroatoms. The molecule has 0 saturated carbocycles. The van der Waals surface area contributed by atoms with Crippen LogP contribution in [0.15, 0.2) is 5.70 Å². The number of aryl methyl sites for hydroxylation is 1. The first-order valence-electron chi connectivity index (χ1n) is 7.35. The normalized spacial score (nSPS) is 25.3. The lowest BCUT2D eigenvalue weighted by Gasteiger charge is -2.11. The zero-order valence-corrected chi connectivity index (χ0v) is 15.9. The monoisotopic (exact) mass is 388 g/mol. The standard InChI is InChI=1S/C14H17ClN4O3S2/c1-8-10(6-11-13(20)18(3)14(23)17(11)2)12(15)19(16-8)9-4-5-24(21,22)7-9/h6,9H,4-5,7H2,1-3H3/b11-6-/t9-/m0/s1. The second kappa shape index (κ2) is 5.82. The Morgan fingerprint density at radius 2 is 2.00 bits per heavy atom. The summed E-state index contributed by atoms with van der Waals surface area (Å²) in [5.41, 5.74) is 1.65. The van der Waals surface area contributed by atoms with Crippen LogP contribution in [0.1, 0.15) is 23.7 Å². The lowest BCUT2D eigenvalue weighted by Crippen LogP contribution is -2.26. The molecule has 1 amide bonds. The number of rotatable bonds is 2. The SMILES string of the molecule is Cc1nn([C@H]2CCS(=O)(=O)C2)c(Cl)c1/C=C1/C(=O)N(C)C(=S)N1C. The lowest BCUT2D eigenvalue weighted by atomic mass is 10.2. The van der Waals surface area contributed by atoms with Crippen molar-refractivity contribution in [2.75, 3.05) is 25.6 Å². The molecular formula is C14H17ClN4O3S2. The molecule has 3 heterocycles. The van der Waals surface area contributed by atoms with Crippen LogP contribution in [-0.2, 0) is 14.6 Å². The Labute approximate surface area is 150 Å². The van der Waals surface area contributed by atoms with E-state index in [2.05, 4.69) is 5.10 Å².